The average molecular weight is 556 g/mol. The van der Waals surface area contributed by atoms with E-state index in [1.165, 1.54) is 0 Å². The van der Waals surface area contributed by atoms with Crippen LogP contribution in [-0.4, -0.2) is 84.9 Å². The highest BCUT2D eigenvalue weighted by Crippen LogP contribution is 2.29. The second-order valence-corrected chi connectivity index (χ2v) is 10.5. The highest BCUT2D eigenvalue weighted by atomic mass is 16.5. The van der Waals surface area contributed by atoms with Crippen LogP contribution in [-0.2, 0) is 11.2 Å². The molecule has 1 aliphatic heterocycles. The predicted octanol–water partition coefficient (Wildman–Crippen LogP) is 3.54. The third kappa shape index (κ3) is 8.25. The molecule has 0 aromatic heterocycles. The lowest BCUT2D eigenvalue weighted by Gasteiger charge is -2.34. The van der Waals surface area contributed by atoms with E-state index in [0.717, 1.165) is 0 Å². The summed E-state index contributed by atoms with van der Waals surface area (Å²) in [6.45, 7) is 8.01. The zero-order valence-corrected chi connectivity index (χ0v) is 24.1. The van der Waals surface area contributed by atoms with E-state index >= 15 is 0 Å². The van der Waals surface area contributed by atoms with Crippen molar-refractivity contribution in [3.05, 3.63) is 48.0 Å². The maximum atomic E-state index is 13.4. The minimum atomic E-state index is -0.444. The van der Waals surface area contributed by atoms with Crippen molar-refractivity contribution in [2.24, 2.45) is 5.92 Å². The normalized spacial score (nSPS) is 17.9. The third-order valence-electron chi connectivity index (χ3n) is 6.73. The van der Waals surface area contributed by atoms with Gasteiger partial charge in [-0.15, -0.1) is 0 Å². The molecule has 0 radical (unpaired) electrons. The summed E-state index contributed by atoms with van der Waals surface area (Å²) >= 11 is 0. The molecule has 0 spiro atoms. The molecule has 2 aromatic rings. The lowest BCUT2D eigenvalue weighted by atomic mass is 10.0. The molecule has 1 aliphatic rings. The number of nitrogens with one attached hydrogen (secondary N) is 3. The number of amides is 5. The van der Waals surface area contributed by atoms with Gasteiger partial charge in [0.05, 0.1) is 32.7 Å². The molecule has 11 heteroatoms. The Bertz CT molecular complexity index is 1170. The molecule has 2 aromatic carbocycles. The molecule has 0 aliphatic carbocycles. The van der Waals surface area contributed by atoms with Crippen LogP contribution in [0.2, 0.25) is 0 Å². The number of rotatable bonds is 8. The Labute approximate surface area is 235 Å². The van der Waals surface area contributed by atoms with Crippen LogP contribution in [0, 0.1) is 5.92 Å². The summed E-state index contributed by atoms with van der Waals surface area (Å²) in [5, 5.41) is 18.3. The standard InChI is InChI=1S/C29H41N5O6/c1-18(2)30-29(38)33(5)16-26-19(3)15-34(20(4)17-35)27(36)14-21-13-23(9-12-25(21)40-26)32-28(37)31-22-7-10-24(39-6)11-8-22/h7-13,18-20,26,35H,14-17H2,1-6H3,(H,30,38)(H2,31,32,37)/t19-,20+,26+/m0/s1. The molecule has 0 unspecified atom stereocenters. The lowest BCUT2D eigenvalue weighted by molar-refractivity contribution is -0.134. The van der Waals surface area contributed by atoms with Crippen molar-refractivity contribution in [2.45, 2.75) is 52.3 Å². The summed E-state index contributed by atoms with van der Waals surface area (Å²) in [7, 11) is 3.27. The van der Waals surface area contributed by atoms with E-state index in [0.29, 0.717) is 41.5 Å². The van der Waals surface area contributed by atoms with Gasteiger partial charge in [0.25, 0.3) is 0 Å². The Hall–Kier alpha value is -3.99. The second kappa shape index (κ2) is 13.9. The van der Waals surface area contributed by atoms with E-state index < -0.39 is 18.2 Å². The van der Waals surface area contributed by atoms with Crippen LogP contribution in [0.4, 0.5) is 21.0 Å². The fourth-order valence-electron chi connectivity index (χ4n) is 4.40. The van der Waals surface area contributed by atoms with Crippen LogP contribution < -0.4 is 25.4 Å². The van der Waals surface area contributed by atoms with Gasteiger partial charge in [0.2, 0.25) is 5.91 Å². The van der Waals surface area contributed by atoms with Gasteiger partial charge in [-0.2, -0.15) is 0 Å². The number of fused-ring (bicyclic) bond motifs is 1. The fourth-order valence-corrected chi connectivity index (χ4v) is 4.40. The summed E-state index contributed by atoms with van der Waals surface area (Å²) in [5.41, 5.74) is 1.67. The largest absolute Gasteiger partial charge is 0.497 e. The highest BCUT2D eigenvalue weighted by Gasteiger charge is 2.32. The molecule has 1 heterocycles. The van der Waals surface area contributed by atoms with E-state index in [-0.39, 0.29) is 36.9 Å². The van der Waals surface area contributed by atoms with Gasteiger partial charge >= 0.3 is 12.1 Å². The molecule has 3 atom stereocenters. The first-order chi connectivity index (χ1) is 19.0. The van der Waals surface area contributed by atoms with Crippen LogP contribution >= 0.6 is 0 Å². The first-order valence-corrected chi connectivity index (χ1v) is 13.4. The molecule has 0 saturated carbocycles. The predicted molar refractivity (Wildman–Crippen MR) is 154 cm³/mol. The Kier molecular flexibility index (Phi) is 10.6. The number of aliphatic hydroxyl groups is 1. The Morgan fingerprint density at radius 2 is 1.77 bits per heavy atom. The molecule has 11 nitrogen and oxygen atoms in total. The number of nitrogens with zero attached hydrogens (tertiary/aromatic N) is 2. The van der Waals surface area contributed by atoms with Gasteiger partial charge in [-0.05, 0) is 63.2 Å². The van der Waals surface area contributed by atoms with Gasteiger partial charge in [0.15, 0.2) is 0 Å². The third-order valence-corrected chi connectivity index (χ3v) is 6.73. The van der Waals surface area contributed by atoms with Crippen LogP contribution in [0.25, 0.3) is 0 Å². The van der Waals surface area contributed by atoms with E-state index in [4.69, 9.17) is 9.47 Å². The number of carbonyl (C=O) groups excluding carboxylic acids is 3. The molecule has 0 fully saturated rings. The first-order valence-electron chi connectivity index (χ1n) is 13.4. The fraction of sp³-hybridized carbons (Fsp3) is 0.483. The maximum absolute atomic E-state index is 13.4. The van der Waals surface area contributed by atoms with Gasteiger partial charge in [-0.1, -0.05) is 6.92 Å². The monoisotopic (exact) mass is 555 g/mol. The van der Waals surface area contributed by atoms with E-state index in [2.05, 4.69) is 16.0 Å². The molecule has 0 saturated heterocycles. The van der Waals surface area contributed by atoms with Gasteiger partial charge in [-0.25, -0.2) is 9.59 Å². The number of aliphatic hydroxyl groups excluding tert-OH is 1. The number of carbonyl (C=O) groups is 3. The zero-order chi connectivity index (χ0) is 29.4. The summed E-state index contributed by atoms with van der Waals surface area (Å²) in [4.78, 5) is 41.9. The second-order valence-electron chi connectivity index (χ2n) is 10.5. The number of hydrogen-bond donors (Lipinski definition) is 4. The Morgan fingerprint density at radius 1 is 1.12 bits per heavy atom. The van der Waals surface area contributed by atoms with Crippen LogP contribution in [0.15, 0.2) is 42.5 Å². The molecule has 218 valence electrons. The van der Waals surface area contributed by atoms with E-state index in [1.807, 2.05) is 20.8 Å². The Balaban J connectivity index is 1.85. The summed E-state index contributed by atoms with van der Waals surface area (Å²) in [6.07, 6.45) is -0.406. The molecular formula is C29H41N5O6. The number of urea groups is 2. The molecule has 4 N–H and O–H groups in total. The van der Waals surface area contributed by atoms with Crippen molar-refractivity contribution in [1.82, 2.24) is 15.1 Å². The zero-order valence-electron chi connectivity index (χ0n) is 24.1. The summed E-state index contributed by atoms with van der Waals surface area (Å²) < 4.78 is 11.6. The molecular weight excluding hydrogens is 514 g/mol. The van der Waals surface area contributed by atoms with Crippen molar-refractivity contribution in [3.63, 3.8) is 0 Å². The average Bonchev–Trinajstić information content (AvgIpc) is 2.95. The van der Waals surface area contributed by atoms with Gasteiger partial charge in [0.1, 0.15) is 17.6 Å². The quantitative estimate of drug-likeness (QED) is 0.394. The minimum absolute atomic E-state index is 0.0130. The minimum Gasteiger partial charge on any atom is -0.497 e. The number of hydrogen-bond acceptors (Lipinski definition) is 6. The van der Waals surface area contributed by atoms with Crippen molar-refractivity contribution < 1.29 is 29.0 Å². The Morgan fingerprint density at radius 3 is 2.40 bits per heavy atom. The number of anilines is 2. The van der Waals surface area contributed by atoms with Crippen LogP contribution in [0.5, 0.6) is 11.5 Å². The molecule has 5 amide bonds. The van der Waals surface area contributed by atoms with Crippen LogP contribution in [0.1, 0.15) is 33.3 Å². The maximum Gasteiger partial charge on any atom is 0.323 e. The topological polar surface area (TPSA) is 132 Å². The highest BCUT2D eigenvalue weighted by molar-refractivity contribution is 6.00. The van der Waals surface area contributed by atoms with E-state index in [9.17, 15) is 19.5 Å². The number of ether oxygens (including phenoxy) is 2. The van der Waals surface area contributed by atoms with Crippen molar-refractivity contribution >= 4 is 29.3 Å². The SMILES string of the molecule is COc1ccc(NC(=O)Nc2ccc3c(c2)CC(=O)N([C@H](C)CO)C[C@H](C)[C@@H](CN(C)C(=O)NC(C)C)O3)cc1. The molecule has 40 heavy (non-hydrogen) atoms. The first kappa shape index (κ1) is 30.6. The van der Waals surface area contributed by atoms with Crippen LogP contribution in [0.3, 0.4) is 0 Å². The number of benzene rings is 2. The number of likely N-dealkylation sites (N-methyl/N-ethyl adjacent to an activating group) is 1. The van der Waals surface area contributed by atoms with Crippen molar-refractivity contribution in [1.29, 1.82) is 0 Å². The van der Waals surface area contributed by atoms with Gasteiger partial charge in [0, 0.05) is 42.5 Å². The summed E-state index contributed by atoms with van der Waals surface area (Å²) in [6, 6.07) is 11.0. The summed E-state index contributed by atoms with van der Waals surface area (Å²) in [5.74, 6) is 0.871. The number of methoxy groups -OCH3 is 1. The molecule has 3 rings (SSSR count). The molecule has 0 bridgehead atoms. The van der Waals surface area contributed by atoms with Gasteiger partial charge in [-0.3, -0.25) is 4.79 Å². The van der Waals surface area contributed by atoms with Crippen molar-refractivity contribution in [2.75, 3.05) is 44.5 Å². The van der Waals surface area contributed by atoms with Crippen molar-refractivity contribution in [3.8, 4) is 11.5 Å². The lowest BCUT2D eigenvalue weighted by Crippen LogP contribution is -2.49. The van der Waals surface area contributed by atoms with Gasteiger partial charge < -0.3 is 40.3 Å². The smallest absolute Gasteiger partial charge is 0.323 e. The van der Waals surface area contributed by atoms with E-state index in [1.54, 1.807) is 73.3 Å².